The van der Waals surface area contributed by atoms with Gasteiger partial charge in [-0.15, -0.1) is 0 Å². The van der Waals surface area contributed by atoms with Gasteiger partial charge in [0, 0.05) is 12.7 Å². The molecular formula is C13H26OS. The summed E-state index contributed by atoms with van der Waals surface area (Å²) in [6.07, 6.45) is 3.82. The highest BCUT2D eigenvalue weighted by Crippen LogP contribution is 2.23. The first-order valence-corrected chi connectivity index (χ1v) is 7.03. The van der Waals surface area contributed by atoms with Crippen LogP contribution in [0.25, 0.3) is 0 Å². The number of hydrogen-bond acceptors (Lipinski definition) is 2. The fourth-order valence-corrected chi connectivity index (χ4v) is 2.51. The molecule has 2 heteroatoms. The van der Waals surface area contributed by atoms with Crippen LogP contribution in [0.5, 0.6) is 0 Å². The van der Waals surface area contributed by atoms with Gasteiger partial charge in [0.1, 0.15) is 0 Å². The van der Waals surface area contributed by atoms with E-state index in [1.165, 1.54) is 31.0 Å². The fourth-order valence-electron chi connectivity index (χ4n) is 1.74. The van der Waals surface area contributed by atoms with Crippen molar-refractivity contribution in [2.24, 2.45) is 17.8 Å². The van der Waals surface area contributed by atoms with Gasteiger partial charge < -0.3 is 0 Å². The summed E-state index contributed by atoms with van der Waals surface area (Å²) in [7, 11) is 0. The van der Waals surface area contributed by atoms with Crippen LogP contribution in [0, 0.1) is 17.8 Å². The average Bonchev–Trinajstić information content (AvgIpc) is 2.08. The number of thioether (sulfide) groups is 1. The Hall–Kier alpha value is 0.0200. The minimum atomic E-state index is 0.258. The molecule has 0 N–H and O–H groups in total. The lowest BCUT2D eigenvalue weighted by molar-refractivity contribution is -0.109. The molecule has 0 saturated heterocycles. The van der Waals surface area contributed by atoms with Gasteiger partial charge in [0.25, 0.3) is 0 Å². The SMILES string of the molecule is CC(=O)SCC(CCC(C)C)CC(C)C. The molecule has 0 saturated carbocycles. The molecule has 0 fully saturated rings. The molecule has 0 aromatic heterocycles. The average molecular weight is 230 g/mol. The number of carbonyl (C=O) groups excluding carboxylic acids is 1. The number of hydrogen-bond donors (Lipinski definition) is 0. The highest BCUT2D eigenvalue weighted by atomic mass is 32.2. The predicted octanol–water partition coefficient (Wildman–Crippen LogP) is 4.36. The van der Waals surface area contributed by atoms with Crippen molar-refractivity contribution in [3.63, 3.8) is 0 Å². The van der Waals surface area contributed by atoms with Crippen molar-refractivity contribution >= 4 is 16.9 Å². The van der Waals surface area contributed by atoms with Gasteiger partial charge in [-0.05, 0) is 30.6 Å². The first-order chi connectivity index (χ1) is 6.91. The quantitative estimate of drug-likeness (QED) is 0.646. The second-order valence-corrected chi connectivity index (χ2v) is 6.47. The van der Waals surface area contributed by atoms with Gasteiger partial charge >= 0.3 is 0 Å². The molecule has 0 aliphatic rings. The first-order valence-electron chi connectivity index (χ1n) is 6.05. The van der Waals surface area contributed by atoms with E-state index < -0.39 is 0 Å². The molecule has 1 nitrogen and oxygen atoms in total. The maximum atomic E-state index is 10.9. The van der Waals surface area contributed by atoms with Gasteiger partial charge in [-0.3, -0.25) is 4.79 Å². The molecule has 0 aliphatic carbocycles. The first kappa shape index (κ1) is 15.0. The summed E-state index contributed by atoms with van der Waals surface area (Å²) in [5.41, 5.74) is 0. The Kier molecular flexibility index (Phi) is 8.22. The minimum Gasteiger partial charge on any atom is -0.288 e. The zero-order chi connectivity index (χ0) is 11.8. The van der Waals surface area contributed by atoms with Crippen LogP contribution >= 0.6 is 11.8 Å². The summed E-state index contributed by atoms with van der Waals surface area (Å²) in [6.45, 7) is 10.7. The summed E-state index contributed by atoms with van der Waals surface area (Å²) < 4.78 is 0. The van der Waals surface area contributed by atoms with Crippen molar-refractivity contribution in [2.45, 2.75) is 53.9 Å². The second-order valence-electron chi connectivity index (χ2n) is 5.27. The number of rotatable bonds is 7. The van der Waals surface area contributed by atoms with Crippen molar-refractivity contribution in [3.05, 3.63) is 0 Å². The standard InChI is InChI=1S/C13H26OS/c1-10(2)6-7-13(8-11(3)4)9-15-12(5)14/h10-11,13H,6-9H2,1-5H3. The molecule has 0 amide bonds. The third-order valence-corrected chi connectivity index (χ3v) is 3.52. The fraction of sp³-hybridized carbons (Fsp3) is 0.923. The van der Waals surface area contributed by atoms with Crippen molar-refractivity contribution in [1.29, 1.82) is 0 Å². The van der Waals surface area contributed by atoms with Crippen molar-refractivity contribution < 1.29 is 4.79 Å². The molecule has 0 spiro atoms. The van der Waals surface area contributed by atoms with E-state index in [2.05, 4.69) is 27.7 Å². The van der Waals surface area contributed by atoms with Crippen LogP contribution in [-0.2, 0) is 4.79 Å². The van der Waals surface area contributed by atoms with Crippen molar-refractivity contribution in [2.75, 3.05) is 5.75 Å². The van der Waals surface area contributed by atoms with Crippen LogP contribution in [0.4, 0.5) is 0 Å². The Morgan fingerprint density at radius 3 is 2.07 bits per heavy atom. The Morgan fingerprint density at radius 1 is 1.07 bits per heavy atom. The van der Waals surface area contributed by atoms with Crippen LogP contribution in [0.3, 0.4) is 0 Å². The zero-order valence-corrected chi connectivity index (χ0v) is 11.7. The second kappa shape index (κ2) is 8.20. The van der Waals surface area contributed by atoms with Crippen molar-refractivity contribution in [1.82, 2.24) is 0 Å². The Bertz CT molecular complexity index is 175. The highest BCUT2D eigenvalue weighted by molar-refractivity contribution is 8.13. The van der Waals surface area contributed by atoms with Gasteiger partial charge in [0.2, 0.25) is 0 Å². The molecule has 0 bridgehead atoms. The van der Waals surface area contributed by atoms with Crippen LogP contribution in [-0.4, -0.2) is 10.9 Å². The van der Waals surface area contributed by atoms with E-state index in [-0.39, 0.29) is 5.12 Å². The lowest BCUT2D eigenvalue weighted by Crippen LogP contribution is -2.10. The third-order valence-electron chi connectivity index (χ3n) is 2.48. The van der Waals surface area contributed by atoms with Crippen LogP contribution < -0.4 is 0 Å². The number of carbonyl (C=O) groups is 1. The minimum absolute atomic E-state index is 0.258. The Balaban J connectivity index is 3.89. The predicted molar refractivity (Wildman–Crippen MR) is 70.2 cm³/mol. The Labute approximate surface area is 99.4 Å². The smallest absolute Gasteiger partial charge is 0.185 e. The van der Waals surface area contributed by atoms with E-state index in [0.717, 1.165) is 23.5 Å². The molecule has 0 rings (SSSR count). The van der Waals surface area contributed by atoms with Gasteiger partial charge in [-0.2, -0.15) is 0 Å². The van der Waals surface area contributed by atoms with E-state index in [4.69, 9.17) is 0 Å². The Morgan fingerprint density at radius 2 is 1.67 bits per heavy atom. The third kappa shape index (κ3) is 10.3. The maximum absolute atomic E-state index is 10.9. The molecule has 0 heterocycles. The zero-order valence-electron chi connectivity index (χ0n) is 10.9. The molecule has 1 unspecified atom stereocenters. The largest absolute Gasteiger partial charge is 0.288 e. The molecule has 0 aliphatic heterocycles. The summed E-state index contributed by atoms with van der Waals surface area (Å²) in [5, 5.41) is 0.258. The van der Waals surface area contributed by atoms with Gasteiger partial charge in [0.15, 0.2) is 5.12 Å². The summed E-state index contributed by atoms with van der Waals surface area (Å²) >= 11 is 1.49. The van der Waals surface area contributed by atoms with Crippen LogP contribution in [0.1, 0.15) is 53.9 Å². The maximum Gasteiger partial charge on any atom is 0.185 e. The molecule has 0 aromatic carbocycles. The lowest BCUT2D eigenvalue weighted by Gasteiger charge is -2.19. The summed E-state index contributed by atoms with van der Waals surface area (Å²) in [5.74, 6) is 3.26. The monoisotopic (exact) mass is 230 g/mol. The van der Waals surface area contributed by atoms with E-state index in [1.54, 1.807) is 6.92 Å². The molecule has 90 valence electrons. The molecule has 0 radical (unpaired) electrons. The molecule has 15 heavy (non-hydrogen) atoms. The van der Waals surface area contributed by atoms with Gasteiger partial charge in [-0.25, -0.2) is 0 Å². The van der Waals surface area contributed by atoms with E-state index in [0.29, 0.717) is 0 Å². The topological polar surface area (TPSA) is 17.1 Å². The van der Waals surface area contributed by atoms with E-state index in [1.807, 2.05) is 0 Å². The normalized spacial score (nSPS) is 13.5. The van der Waals surface area contributed by atoms with Gasteiger partial charge in [-0.1, -0.05) is 45.9 Å². The molecular weight excluding hydrogens is 204 g/mol. The highest BCUT2D eigenvalue weighted by Gasteiger charge is 2.12. The lowest BCUT2D eigenvalue weighted by atomic mass is 9.92. The van der Waals surface area contributed by atoms with Crippen LogP contribution in [0.15, 0.2) is 0 Å². The van der Waals surface area contributed by atoms with E-state index in [9.17, 15) is 4.79 Å². The summed E-state index contributed by atoms with van der Waals surface area (Å²) in [4.78, 5) is 10.9. The molecule has 0 aromatic rings. The van der Waals surface area contributed by atoms with Crippen LogP contribution in [0.2, 0.25) is 0 Å². The summed E-state index contributed by atoms with van der Waals surface area (Å²) in [6, 6.07) is 0. The molecule has 1 atom stereocenters. The van der Waals surface area contributed by atoms with Crippen molar-refractivity contribution in [3.8, 4) is 0 Å². The van der Waals surface area contributed by atoms with Gasteiger partial charge in [0.05, 0.1) is 0 Å². The van der Waals surface area contributed by atoms with E-state index >= 15 is 0 Å².